The van der Waals surface area contributed by atoms with Gasteiger partial charge in [0.1, 0.15) is 0 Å². The number of hydrogen-bond acceptors (Lipinski definition) is 0. The molecule has 0 aliphatic carbocycles. The summed E-state index contributed by atoms with van der Waals surface area (Å²) in [6, 6.07) is 4.56. The molecule has 0 unspecified atom stereocenters. The fourth-order valence-corrected chi connectivity index (χ4v) is 1.33. The Labute approximate surface area is 83.0 Å². The number of benzene rings is 1. The van der Waals surface area contributed by atoms with Crippen LogP contribution in [0.1, 0.15) is 43.0 Å². The highest BCUT2D eigenvalue weighted by Crippen LogP contribution is 2.15. The molecule has 0 saturated heterocycles. The van der Waals surface area contributed by atoms with Crippen LogP contribution in [0.2, 0.25) is 0 Å². The van der Waals surface area contributed by atoms with E-state index >= 15 is 0 Å². The Bertz CT molecular complexity index is 236. The molecular weight excluding hydrogens is 156 g/mol. The van der Waals surface area contributed by atoms with Gasteiger partial charge in [-0.05, 0) is 49.4 Å². The van der Waals surface area contributed by atoms with E-state index in [2.05, 4.69) is 39.8 Å². The maximum Gasteiger partial charge on any atom is -0.0307 e. The fourth-order valence-electron chi connectivity index (χ4n) is 1.33. The molecule has 0 radical (unpaired) electrons. The van der Waals surface area contributed by atoms with Gasteiger partial charge in [0, 0.05) is 0 Å². The molecule has 0 bridgehead atoms. The summed E-state index contributed by atoms with van der Waals surface area (Å²) in [7, 11) is 0. The molecule has 0 spiro atoms. The fraction of sp³-hybridized carbons (Fsp3) is 0.538. The molecule has 0 aliphatic heterocycles. The lowest BCUT2D eigenvalue weighted by atomic mass is 10.00. The van der Waals surface area contributed by atoms with E-state index in [9.17, 15) is 0 Å². The summed E-state index contributed by atoms with van der Waals surface area (Å²) in [6.07, 6.45) is 1.14. The summed E-state index contributed by atoms with van der Waals surface area (Å²) in [6.45, 7) is 12.7. The smallest absolute Gasteiger partial charge is 0.0307 e. The van der Waals surface area contributed by atoms with Crippen molar-refractivity contribution < 1.29 is 0 Å². The second kappa shape index (κ2) is 5.80. The van der Waals surface area contributed by atoms with Gasteiger partial charge in [0.2, 0.25) is 0 Å². The van der Waals surface area contributed by atoms with E-state index in [4.69, 9.17) is 0 Å². The molecule has 0 N–H and O–H groups in total. The zero-order chi connectivity index (χ0) is 10.4. The van der Waals surface area contributed by atoms with Gasteiger partial charge in [-0.2, -0.15) is 0 Å². The van der Waals surface area contributed by atoms with Crippen LogP contribution >= 0.6 is 0 Å². The first-order valence-corrected chi connectivity index (χ1v) is 5.22. The van der Waals surface area contributed by atoms with Crippen LogP contribution in [0.3, 0.4) is 0 Å². The van der Waals surface area contributed by atoms with E-state index in [0.29, 0.717) is 0 Å². The molecule has 1 rings (SSSR count). The van der Waals surface area contributed by atoms with Crippen molar-refractivity contribution in [2.75, 3.05) is 0 Å². The quantitative estimate of drug-likeness (QED) is 0.604. The van der Waals surface area contributed by atoms with Crippen molar-refractivity contribution in [1.82, 2.24) is 0 Å². The van der Waals surface area contributed by atoms with Crippen LogP contribution in [-0.2, 0) is 6.42 Å². The van der Waals surface area contributed by atoms with Gasteiger partial charge in [0.15, 0.2) is 0 Å². The predicted octanol–water partition coefficient (Wildman–Crippen LogP) is 4.20. The van der Waals surface area contributed by atoms with Gasteiger partial charge in [-0.25, -0.2) is 0 Å². The topological polar surface area (TPSA) is 0 Å². The van der Waals surface area contributed by atoms with Gasteiger partial charge in [-0.1, -0.05) is 32.9 Å². The first kappa shape index (κ1) is 12.2. The summed E-state index contributed by atoms with van der Waals surface area (Å²) in [5.41, 5.74) is 5.72. The Hall–Kier alpha value is -0.780. The Morgan fingerprint density at radius 1 is 0.923 bits per heavy atom. The van der Waals surface area contributed by atoms with Crippen molar-refractivity contribution in [2.45, 2.75) is 48.0 Å². The molecule has 0 heterocycles. The van der Waals surface area contributed by atoms with E-state index in [0.717, 1.165) is 6.42 Å². The minimum atomic E-state index is 1.14. The molecule has 13 heavy (non-hydrogen) atoms. The average molecular weight is 178 g/mol. The highest BCUT2D eigenvalue weighted by molar-refractivity contribution is 5.36. The highest BCUT2D eigenvalue weighted by atomic mass is 14.0. The Morgan fingerprint density at radius 2 is 1.31 bits per heavy atom. The van der Waals surface area contributed by atoms with E-state index in [1.54, 1.807) is 0 Å². The molecule has 0 amide bonds. The van der Waals surface area contributed by atoms with E-state index in [1.165, 1.54) is 22.3 Å². The lowest BCUT2D eigenvalue weighted by molar-refractivity contribution is 1.11. The zero-order valence-electron chi connectivity index (χ0n) is 9.86. The van der Waals surface area contributed by atoms with Crippen molar-refractivity contribution in [1.29, 1.82) is 0 Å². The maximum atomic E-state index is 2.28. The monoisotopic (exact) mass is 178 g/mol. The van der Waals surface area contributed by atoms with Crippen molar-refractivity contribution in [3.8, 4) is 0 Å². The average Bonchev–Trinajstić information content (AvgIpc) is 2.16. The van der Waals surface area contributed by atoms with Gasteiger partial charge in [-0.3, -0.25) is 0 Å². The van der Waals surface area contributed by atoms with Crippen molar-refractivity contribution in [2.24, 2.45) is 0 Å². The lowest BCUT2D eigenvalue weighted by Crippen LogP contribution is -1.89. The molecule has 0 nitrogen and oxygen atoms in total. The van der Waals surface area contributed by atoms with Crippen molar-refractivity contribution in [3.05, 3.63) is 34.4 Å². The minimum absolute atomic E-state index is 1.14. The van der Waals surface area contributed by atoms with Crippen LogP contribution in [0.5, 0.6) is 0 Å². The van der Waals surface area contributed by atoms with Crippen LogP contribution in [-0.4, -0.2) is 0 Å². The number of hydrogen-bond donors (Lipinski definition) is 0. The summed E-state index contributed by atoms with van der Waals surface area (Å²) in [4.78, 5) is 0. The SMILES string of the molecule is CC.CCc1cc(C)c(C)c(C)c1. The van der Waals surface area contributed by atoms with E-state index in [1.807, 2.05) is 13.8 Å². The van der Waals surface area contributed by atoms with E-state index in [-0.39, 0.29) is 0 Å². The minimum Gasteiger partial charge on any atom is -0.0683 e. The standard InChI is InChI=1S/C11H16.C2H6/c1-5-11-6-8(2)10(4)9(3)7-11;1-2/h6-7H,5H2,1-4H3;1-2H3. The van der Waals surface area contributed by atoms with Crippen molar-refractivity contribution >= 4 is 0 Å². The molecule has 0 aliphatic rings. The summed E-state index contributed by atoms with van der Waals surface area (Å²) in [5.74, 6) is 0. The lowest BCUT2D eigenvalue weighted by Gasteiger charge is -2.06. The first-order valence-electron chi connectivity index (χ1n) is 5.22. The second-order valence-electron chi connectivity index (χ2n) is 3.21. The van der Waals surface area contributed by atoms with Crippen LogP contribution in [0, 0.1) is 20.8 Å². The van der Waals surface area contributed by atoms with Gasteiger partial charge in [0.25, 0.3) is 0 Å². The third-order valence-corrected chi connectivity index (χ3v) is 2.40. The molecule has 1 aromatic carbocycles. The van der Waals surface area contributed by atoms with Gasteiger partial charge in [-0.15, -0.1) is 0 Å². The Kier molecular flexibility index (Phi) is 5.45. The van der Waals surface area contributed by atoms with Gasteiger partial charge < -0.3 is 0 Å². The molecule has 0 atom stereocenters. The third-order valence-electron chi connectivity index (χ3n) is 2.40. The van der Waals surface area contributed by atoms with Gasteiger partial charge >= 0.3 is 0 Å². The number of rotatable bonds is 1. The molecule has 0 fully saturated rings. The van der Waals surface area contributed by atoms with Crippen molar-refractivity contribution in [3.63, 3.8) is 0 Å². The normalized spacial score (nSPS) is 9.08. The first-order chi connectivity index (χ1) is 6.15. The molecule has 74 valence electrons. The molecule has 0 aromatic heterocycles. The summed E-state index contributed by atoms with van der Waals surface area (Å²) < 4.78 is 0. The van der Waals surface area contributed by atoms with Gasteiger partial charge in [0.05, 0.1) is 0 Å². The molecule has 0 saturated carbocycles. The Balaban J connectivity index is 0.000000671. The summed E-state index contributed by atoms with van der Waals surface area (Å²) in [5, 5.41) is 0. The van der Waals surface area contributed by atoms with E-state index < -0.39 is 0 Å². The number of aryl methyl sites for hydroxylation is 3. The Morgan fingerprint density at radius 3 is 1.62 bits per heavy atom. The summed E-state index contributed by atoms with van der Waals surface area (Å²) >= 11 is 0. The zero-order valence-corrected chi connectivity index (χ0v) is 9.86. The van der Waals surface area contributed by atoms with Crippen LogP contribution in [0.4, 0.5) is 0 Å². The highest BCUT2D eigenvalue weighted by Gasteiger charge is 1.98. The van der Waals surface area contributed by atoms with Crippen LogP contribution in [0.15, 0.2) is 12.1 Å². The third kappa shape index (κ3) is 3.22. The largest absolute Gasteiger partial charge is 0.0683 e. The van der Waals surface area contributed by atoms with Crippen LogP contribution < -0.4 is 0 Å². The maximum absolute atomic E-state index is 2.28. The molecular formula is C13H22. The van der Waals surface area contributed by atoms with Crippen LogP contribution in [0.25, 0.3) is 0 Å². The molecule has 1 aromatic rings. The second-order valence-corrected chi connectivity index (χ2v) is 3.21. The molecule has 0 heteroatoms. The predicted molar refractivity (Wildman–Crippen MR) is 61.4 cm³/mol.